The Morgan fingerprint density at radius 2 is 2.16 bits per heavy atom. The molecule has 3 aromatic rings. The maximum Gasteiger partial charge on any atom is 0.226 e. The number of nitrogens with one attached hydrogen (secondary N) is 3. The molecule has 31 heavy (non-hydrogen) atoms. The topological polar surface area (TPSA) is 130 Å². The van der Waals surface area contributed by atoms with Crippen molar-refractivity contribution in [3.8, 4) is 0 Å². The van der Waals surface area contributed by atoms with E-state index in [1.54, 1.807) is 31.6 Å². The molecule has 1 aliphatic carbocycles. The van der Waals surface area contributed by atoms with E-state index in [1.165, 1.54) is 6.20 Å². The van der Waals surface area contributed by atoms with Crippen LogP contribution in [-0.4, -0.2) is 44.5 Å². The van der Waals surface area contributed by atoms with E-state index in [4.69, 9.17) is 0 Å². The molecule has 160 valence electrons. The van der Waals surface area contributed by atoms with E-state index in [0.29, 0.717) is 52.8 Å². The van der Waals surface area contributed by atoms with Gasteiger partial charge in [0, 0.05) is 44.0 Å². The number of carbonyl (C=O) groups is 3. The van der Waals surface area contributed by atoms with Gasteiger partial charge in [-0.05, 0) is 31.4 Å². The van der Waals surface area contributed by atoms with Gasteiger partial charge in [-0.15, -0.1) is 0 Å². The van der Waals surface area contributed by atoms with Gasteiger partial charge in [-0.2, -0.15) is 0 Å². The lowest BCUT2D eigenvalue weighted by atomic mass is 9.91. The zero-order valence-corrected chi connectivity index (χ0v) is 17.8. The molecule has 0 spiro atoms. The van der Waals surface area contributed by atoms with E-state index in [2.05, 4.69) is 30.6 Å². The summed E-state index contributed by atoms with van der Waals surface area (Å²) in [6, 6.07) is 3.39. The van der Waals surface area contributed by atoms with Crippen LogP contribution in [0.25, 0.3) is 0 Å². The normalized spacial score (nSPS) is 15.8. The van der Waals surface area contributed by atoms with Crippen molar-refractivity contribution in [2.24, 2.45) is 5.92 Å². The van der Waals surface area contributed by atoms with Crippen LogP contribution in [0.2, 0.25) is 0 Å². The Labute approximate surface area is 182 Å². The first-order valence-corrected chi connectivity index (χ1v) is 10.9. The van der Waals surface area contributed by atoms with E-state index in [0.717, 1.165) is 17.2 Å². The summed E-state index contributed by atoms with van der Waals surface area (Å²) in [6.45, 7) is 0. The van der Waals surface area contributed by atoms with Crippen LogP contribution in [0.1, 0.15) is 50.8 Å². The highest BCUT2D eigenvalue weighted by Crippen LogP contribution is 2.33. The van der Waals surface area contributed by atoms with Crippen molar-refractivity contribution < 1.29 is 14.4 Å². The lowest BCUT2D eigenvalue weighted by Gasteiger charge is -2.11. The number of anilines is 2. The Bertz CT molecular complexity index is 1090. The number of amides is 1. The van der Waals surface area contributed by atoms with Crippen LogP contribution >= 0.6 is 11.3 Å². The monoisotopic (exact) mass is 438 g/mol. The summed E-state index contributed by atoms with van der Waals surface area (Å²) in [6.07, 6.45) is 7.32. The molecule has 0 aliphatic heterocycles. The van der Waals surface area contributed by atoms with Gasteiger partial charge in [0.25, 0.3) is 0 Å². The third-order valence-corrected chi connectivity index (χ3v) is 6.18. The number of pyridine rings is 1. The maximum atomic E-state index is 13.1. The molecule has 3 N–H and O–H groups in total. The summed E-state index contributed by atoms with van der Waals surface area (Å²) in [5.41, 5.74) is 1.06. The molecule has 0 bridgehead atoms. The highest BCUT2D eigenvalue weighted by atomic mass is 32.1. The number of rotatable bonds is 7. The number of carbonyl (C=O) groups excluding carboxylic acids is 3. The molecule has 3 heterocycles. The zero-order valence-electron chi connectivity index (χ0n) is 17.0. The van der Waals surface area contributed by atoms with Gasteiger partial charge in [-0.1, -0.05) is 11.3 Å². The van der Waals surface area contributed by atoms with Gasteiger partial charge < -0.3 is 15.6 Å². The predicted octanol–water partition coefficient (Wildman–Crippen LogP) is 2.89. The van der Waals surface area contributed by atoms with Crippen LogP contribution in [0.4, 0.5) is 10.9 Å². The van der Waals surface area contributed by atoms with Crippen LogP contribution in [0.15, 0.2) is 30.7 Å². The first kappa shape index (κ1) is 20.9. The standard InChI is InChI=1S/C21H22N6O3S/c1-22-15-6-5-12(11-25-15)18(29)13-3-2-4-14-20(19(13)30)31-21(26-14)27-17(28)8-7-16-23-9-10-24-16/h5-6,9-11,13H,2-4,7-8H2,1H3,(H,22,25)(H,23,24)(H,26,27,28). The number of aromatic nitrogens is 4. The highest BCUT2D eigenvalue weighted by Gasteiger charge is 2.34. The summed E-state index contributed by atoms with van der Waals surface area (Å²) in [4.78, 5) is 54.5. The second-order valence-corrected chi connectivity index (χ2v) is 8.23. The Kier molecular flexibility index (Phi) is 6.17. The number of nitrogens with zero attached hydrogens (tertiary/aromatic N) is 3. The van der Waals surface area contributed by atoms with E-state index < -0.39 is 5.92 Å². The van der Waals surface area contributed by atoms with Crippen molar-refractivity contribution in [1.82, 2.24) is 19.9 Å². The van der Waals surface area contributed by atoms with Crippen LogP contribution < -0.4 is 10.6 Å². The minimum atomic E-state index is -0.758. The van der Waals surface area contributed by atoms with Gasteiger partial charge in [-0.25, -0.2) is 15.0 Å². The van der Waals surface area contributed by atoms with Crippen molar-refractivity contribution >= 4 is 39.8 Å². The number of fused-ring (bicyclic) bond motifs is 1. The molecule has 1 amide bonds. The minimum Gasteiger partial charge on any atom is -0.373 e. The van der Waals surface area contributed by atoms with Gasteiger partial charge in [0.1, 0.15) is 11.6 Å². The Balaban J connectivity index is 1.45. The molecule has 0 aromatic carbocycles. The maximum absolute atomic E-state index is 13.1. The second kappa shape index (κ2) is 9.17. The predicted molar refractivity (Wildman–Crippen MR) is 117 cm³/mol. The van der Waals surface area contributed by atoms with E-state index in [9.17, 15) is 14.4 Å². The largest absolute Gasteiger partial charge is 0.373 e. The fraction of sp³-hybridized carbons (Fsp3) is 0.333. The lowest BCUT2D eigenvalue weighted by molar-refractivity contribution is -0.116. The van der Waals surface area contributed by atoms with E-state index in [-0.39, 0.29) is 23.9 Å². The number of thiazole rings is 1. The average Bonchev–Trinajstić information content (AvgIpc) is 3.41. The molecule has 3 aromatic heterocycles. The summed E-state index contributed by atoms with van der Waals surface area (Å²) in [7, 11) is 1.75. The molecule has 1 aliphatic rings. The van der Waals surface area contributed by atoms with Gasteiger partial charge in [0.2, 0.25) is 5.91 Å². The van der Waals surface area contributed by atoms with Crippen molar-refractivity contribution in [1.29, 1.82) is 0 Å². The van der Waals surface area contributed by atoms with Crippen LogP contribution in [-0.2, 0) is 17.6 Å². The zero-order chi connectivity index (χ0) is 21.8. The number of imidazole rings is 1. The van der Waals surface area contributed by atoms with Gasteiger partial charge >= 0.3 is 0 Å². The van der Waals surface area contributed by atoms with Gasteiger partial charge in [0.15, 0.2) is 16.7 Å². The lowest BCUT2D eigenvalue weighted by Crippen LogP contribution is -2.23. The molecule has 1 atom stereocenters. The van der Waals surface area contributed by atoms with E-state index >= 15 is 0 Å². The van der Waals surface area contributed by atoms with Crippen LogP contribution in [0, 0.1) is 5.92 Å². The number of aryl methyl sites for hydroxylation is 2. The third kappa shape index (κ3) is 4.69. The van der Waals surface area contributed by atoms with Gasteiger partial charge in [-0.3, -0.25) is 14.4 Å². The first-order chi connectivity index (χ1) is 15.0. The quantitative estimate of drug-likeness (QED) is 0.294. The number of ketones is 2. The number of hydrogen-bond acceptors (Lipinski definition) is 8. The first-order valence-electron chi connectivity index (χ1n) is 10.0. The molecule has 0 fully saturated rings. The Hall–Kier alpha value is -3.40. The molecule has 10 heteroatoms. The highest BCUT2D eigenvalue weighted by molar-refractivity contribution is 7.17. The third-order valence-electron chi connectivity index (χ3n) is 5.15. The molecular formula is C21H22N6O3S. The summed E-state index contributed by atoms with van der Waals surface area (Å²) >= 11 is 1.14. The molecule has 0 radical (unpaired) electrons. The molecular weight excluding hydrogens is 416 g/mol. The Morgan fingerprint density at radius 1 is 1.29 bits per heavy atom. The van der Waals surface area contributed by atoms with Crippen molar-refractivity contribution in [3.63, 3.8) is 0 Å². The molecule has 9 nitrogen and oxygen atoms in total. The van der Waals surface area contributed by atoms with Crippen molar-refractivity contribution in [2.75, 3.05) is 17.7 Å². The van der Waals surface area contributed by atoms with Crippen LogP contribution in [0.3, 0.4) is 0 Å². The summed E-state index contributed by atoms with van der Waals surface area (Å²) < 4.78 is 0. The molecule has 1 unspecified atom stereocenters. The fourth-order valence-electron chi connectivity index (χ4n) is 3.52. The molecule has 0 saturated carbocycles. The number of H-pyrrole nitrogens is 1. The summed E-state index contributed by atoms with van der Waals surface area (Å²) in [5.74, 6) is -0.0310. The molecule has 0 saturated heterocycles. The number of hydrogen-bond donors (Lipinski definition) is 3. The second-order valence-electron chi connectivity index (χ2n) is 7.23. The van der Waals surface area contributed by atoms with Crippen molar-refractivity contribution in [2.45, 2.75) is 32.1 Å². The van der Waals surface area contributed by atoms with E-state index in [1.807, 2.05) is 0 Å². The van der Waals surface area contributed by atoms with Gasteiger partial charge in [0.05, 0.1) is 16.5 Å². The SMILES string of the molecule is CNc1ccc(C(=O)C2CCCc3nc(NC(=O)CCc4ncc[nH]4)sc3C2=O)cn1. The number of Topliss-reactive ketones (excluding diaryl/α,β-unsaturated/α-hetero) is 2. The van der Waals surface area contributed by atoms with Crippen LogP contribution in [0.5, 0.6) is 0 Å². The fourth-order valence-corrected chi connectivity index (χ4v) is 4.54. The summed E-state index contributed by atoms with van der Waals surface area (Å²) in [5, 5.41) is 6.05. The average molecular weight is 439 g/mol. The molecule has 4 rings (SSSR count). The number of aromatic amines is 1. The smallest absolute Gasteiger partial charge is 0.226 e. The van der Waals surface area contributed by atoms with Crippen molar-refractivity contribution in [3.05, 3.63) is 52.7 Å². The minimum absolute atomic E-state index is 0.198. The Morgan fingerprint density at radius 3 is 2.87 bits per heavy atom.